The fraction of sp³-hybridized carbons (Fsp3) is 0.0500. The van der Waals surface area contributed by atoms with Crippen LogP contribution in [0, 0.1) is 0 Å². The van der Waals surface area contributed by atoms with Gasteiger partial charge in [-0.15, -0.1) is 0 Å². The molecule has 0 spiro atoms. The van der Waals surface area contributed by atoms with Crippen molar-refractivity contribution < 1.29 is 14.6 Å². The van der Waals surface area contributed by atoms with Gasteiger partial charge < -0.3 is 14.6 Å². The minimum Gasteiger partial charge on any atom is -0.504 e. The minimum atomic E-state index is 0.0908. The van der Waals surface area contributed by atoms with Crippen LogP contribution < -0.4 is 9.47 Å². The molecule has 4 heteroatoms. The largest absolute Gasteiger partial charge is 0.504 e. The van der Waals surface area contributed by atoms with Crippen molar-refractivity contribution >= 4 is 11.9 Å². The molecule has 0 saturated heterocycles. The lowest BCUT2D eigenvalue weighted by molar-refractivity contribution is 0.373. The number of phenolic OH excluding ortho intramolecular Hbond substituents is 1. The first-order chi connectivity index (χ1) is 11.7. The molecule has 120 valence electrons. The molecule has 0 aliphatic heterocycles. The summed E-state index contributed by atoms with van der Waals surface area (Å²) in [5.41, 5.74) is 1.59. The summed E-state index contributed by atoms with van der Waals surface area (Å²) in [6, 6.07) is 22.2. The lowest BCUT2D eigenvalue weighted by Crippen LogP contribution is -1.86. The van der Waals surface area contributed by atoms with E-state index in [2.05, 4.69) is 4.99 Å². The Morgan fingerprint density at radius 1 is 0.875 bits per heavy atom. The Kier molecular flexibility index (Phi) is 4.77. The Morgan fingerprint density at radius 3 is 2.25 bits per heavy atom. The molecular weight excluding hydrogens is 302 g/mol. The number of aliphatic imine (C=N–C) groups is 1. The lowest BCUT2D eigenvalue weighted by atomic mass is 10.2. The molecule has 0 fully saturated rings. The molecule has 4 nitrogen and oxygen atoms in total. The van der Waals surface area contributed by atoms with Gasteiger partial charge in [0.15, 0.2) is 11.5 Å². The van der Waals surface area contributed by atoms with Crippen LogP contribution in [0.25, 0.3) is 0 Å². The molecule has 3 aromatic rings. The third kappa shape index (κ3) is 3.93. The summed E-state index contributed by atoms with van der Waals surface area (Å²) in [4.78, 5) is 4.39. The van der Waals surface area contributed by atoms with Crippen LogP contribution in [0.4, 0.5) is 5.69 Å². The van der Waals surface area contributed by atoms with Crippen molar-refractivity contribution in [2.45, 2.75) is 0 Å². The van der Waals surface area contributed by atoms with Gasteiger partial charge in [-0.05, 0) is 60.2 Å². The second-order valence-corrected chi connectivity index (χ2v) is 5.10. The van der Waals surface area contributed by atoms with Crippen molar-refractivity contribution in [3.05, 3.63) is 78.4 Å². The van der Waals surface area contributed by atoms with Gasteiger partial charge in [-0.3, -0.25) is 4.99 Å². The molecule has 0 aliphatic rings. The standard InChI is InChI=1S/C20H17NO3/c1-23-20-12-7-15(13-19(20)22)14-21-16-8-10-18(11-9-16)24-17-5-3-2-4-6-17/h2-14,22H,1H3. The molecule has 0 atom stereocenters. The molecule has 3 rings (SSSR count). The second-order valence-electron chi connectivity index (χ2n) is 5.10. The van der Waals surface area contributed by atoms with Crippen molar-refractivity contribution in [2.75, 3.05) is 7.11 Å². The molecule has 3 aromatic carbocycles. The van der Waals surface area contributed by atoms with Gasteiger partial charge in [0.1, 0.15) is 11.5 Å². The number of para-hydroxylation sites is 1. The molecule has 0 heterocycles. The zero-order valence-electron chi connectivity index (χ0n) is 13.2. The van der Waals surface area contributed by atoms with Gasteiger partial charge in [-0.2, -0.15) is 0 Å². The zero-order chi connectivity index (χ0) is 16.8. The van der Waals surface area contributed by atoms with Crippen molar-refractivity contribution in [1.82, 2.24) is 0 Å². The maximum Gasteiger partial charge on any atom is 0.160 e. The molecule has 0 unspecified atom stereocenters. The molecule has 0 amide bonds. The quantitative estimate of drug-likeness (QED) is 0.677. The summed E-state index contributed by atoms with van der Waals surface area (Å²) in [7, 11) is 1.52. The van der Waals surface area contributed by atoms with Crippen LogP contribution >= 0.6 is 0 Å². The highest BCUT2D eigenvalue weighted by molar-refractivity contribution is 5.83. The van der Waals surface area contributed by atoms with Crippen molar-refractivity contribution in [3.8, 4) is 23.0 Å². The lowest BCUT2D eigenvalue weighted by Gasteiger charge is -2.05. The van der Waals surface area contributed by atoms with E-state index in [0.29, 0.717) is 5.75 Å². The van der Waals surface area contributed by atoms with E-state index in [9.17, 15) is 5.11 Å². The zero-order valence-corrected chi connectivity index (χ0v) is 13.2. The third-order valence-electron chi connectivity index (χ3n) is 3.38. The van der Waals surface area contributed by atoms with Gasteiger partial charge in [0.2, 0.25) is 0 Å². The number of ether oxygens (including phenoxy) is 2. The smallest absolute Gasteiger partial charge is 0.160 e. The van der Waals surface area contributed by atoms with Crippen LogP contribution in [0.3, 0.4) is 0 Å². The summed E-state index contributed by atoms with van der Waals surface area (Å²) in [6.45, 7) is 0. The van der Waals surface area contributed by atoms with Gasteiger partial charge >= 0.3 is 0 Å². The second kappa shape index (κ2) is 7.33. The van der Waals surface area contributed by atoms with Gasteiger partial charge in [0.25, 0.3) is 0 Å². The van der Waals surface area contributed by atoms with E-state index in [1.54, 1.807) is 18.3 Å². The predicted octanol–water partition coefficient (Wildman–Crippen LogP) is 4.94. The SMILES string of the molecule is COc1ccc(C=Nc2ccc(Oc3ccccc3)cc2)cc1O. The van der Waals surface area contributed by atoms with Crippen molar-refractivity contribution in [1.29, 1.82) is 0 Å². The Labute approximate surface area is 140 Å². The summed E-state index contributed by atoms with van der Waals surface area (Å²) < 4.78 is 10.8. The highest BCUT2D eigenvalue weighted by Crippen LogP contribution is 2.26. The first-order valence-electron chi connectivity index (χ1n) is 7.48. The van der Waals surface area contributed by atoms with E-state index in [4.69, 9.17) is 9.47 Å². The number of phenols is 1. The summed E-state index contributed by atoms with van der Waals surface area (Å²) in [5, 5.41) is 9.76. The summed E-state index contributed by atoms with van der Waals surface area (Å²) in [6.07, 6.45) is 1.69. The van der Waals surface area contributed by atoms with Crippen LogP contribution in [0.15, 0.2) is 77.8 Å². The highest BCUT2D eigenvalue weighted by atomic mass is 16.5. The molecular formula is C20H17NO3. The molecule has 0 radical (unpaired) electrons. The number of hydrogen-bond acceptors (Lipinski definition) is 4. The van der Waals surface area contributed by atoms with Crippen LogP contribution in [-0.2, 0) is 0 Å². The average Bonchev–Trinajstić information content (AvgIpc) is 2.62. The fourth-order valence-electron chi connectivity index (χ4n) is 2.16. The Bertz CT molecular complexity index is 827. The van der Waals surface area contributed by atoms with Crippen LogP contribution in [0.5, 0.6) is 23.0 Å². The number of hydrogen-bond donors (Lipinski definition) is 1. The van der Waals surface area contributed by atoms with Gasteiger partial charge in [0, 0.05) is 6.21 Å². The highest BCUT2D eigenvalue weighted by Gasteiger charge is 2.01. The molecule has 24 heavy (non-hydrogen) atoms. The summed E-state index contributed by atoms with van der Waals surface area (Å²) >= 11 is 0. The monoisotopic (exact) mass is 319 g/mol. The first-order valence-corrected chi connectivity index (χ1v) is 7.48. The van der Waals surface area contributed by atoms with E-state index in [0.717, 1.165) is 22.7 Å². The van der Waals surface area contributed by atoms with Crippen LogP contribution in [0.1, 0.15) is 5.56 Å². The van der Waals surface area contributed by atoms with Gasteiger partial charge in [-0.1, -0.05) is 18.2 Å². The summed E-state index contributed by atoms with van der Waals surface area (Å²) in [5.74, 6) is 2.08. The molecule has 0 aliphatic carbocycles. The molecule has 0 aromatic heterocycles. The predicted molar refractivity (Wildman–Crippen MR) is 94.9 cm³/mol. The van der Waals surface area contributed by atoms with E-state index in [1.165, 1.54) is 7.11 Å². The number of methoxy groups -OCH3 is 1. The number of benzene rings is 3. The van der Waals surface area contributed by atoms with E-state index < -0.39 is 0 Å². The molecule has 0 bridgehead atoms. The fourth-order valence-corrected chi connectivity index (χ4v) is 2.16. The van der Waals surface area contributed by atoms with Gasteiger partial charge in [-0.25, -0.2) is 0 Å². The number of rotatable bonds is 5. The van der Waals surface area contributed by atoms with Gasteiger partial charge in [0.05, 0.1) is 12.8 Å². The maximum absolute atomic E-state index is 9.76. The average molecular weight is 319 g/mol. The first kappa shape index (κ1) is 15.6. The van der Waals surface area contributed by atoms with E-state index in [-0.39, 0.29) is 5.75 Å². The number of aromatic hydroxyl groups is 1. The normalized spacial score (nSPS) is 10.7. The van der Waals surface area contributed by atoms with Crippen molar-refractivity contribution in [3.63, 3.8) is 0 Å². The maximum atomic E-state index is 9.76. The Hall–Kier alpha value is -3.27. The minimum absolute atomic E-state index is 0.0908. The van der Waals surface area contributed by atoms with Crippen molar-refractivity contribution in [2.24, 2.45) is 4.99 Å². The molecule has 0 saturated carbocycles. The van der Waals surface area contributed by atoms with E-state index in [1.807, 2.05) is 60.7 Å². The third-order valence-corrected chi connectivity index (χ3v) is 3.38. The number of nitrogens with zero attached hydrogens (tertiary/aromatic N) is 1. The van der Waals surface area contributed by atoms with Crippen LogP contribution in [0.2, 0.25) is 0 Å². The Morgan fingerprint density at radius 2 is 1.58 bits per heavy atom. The molecule has 1 N–H and O–H groups in total. The van der Waals surface area contributed by atoms with E-state index >= 15 is 0 Å². The topological polar surface area (TPSA) is 51.0 Å². The Balaban J connectivity index is 1.68. The van der Waals surface area contributed by atoms with Crippen LogP contribution in [-0.4, -0.2) is 18.4 Å².